The maximum atomic E-state index is 12.1. The molecule has 0 fully saturated rings. The molecule has 2 aromatic rings. The quantitative estimate of drug-likeness (QED) is 0.487. The highest BCUT2D eigenvalue weighted by molar-refractivity contribution is 5.99. The molecule has 1 N–H and O–H groups in total. The summed E-state index contributed by atoms with van der Waals surface area (Å²) in [6.07, 6.45) is 1.18. The van der Waals surface area contributed by atoms with Crippen LogP contribution in [-0.4, -0.2) is 36.7 Å². The highest BCUT2D eigenvalue weighted by Crippen LogP contribution is 2.14. The lowest BCUT2D eigenvalue weighted by atomic mass is 10.1. The molecule has 0 atom stereocenters. The molecule has 0 saturated heterocycles. The van der Waals surface area contributed by atoms with E-state index >= 15 is 0 Å². The largest absolute Gasteiger partial charge is 0.482 e. The smallest absolute Gasteiger partial charge is 0.344 e. The summed E-state index contributed by atoms with van der Waals surface area (Å²) in [5.74, 6) is -0.908. The molecule has 0 aliphatic heterocycles. The maximum Gasteiger partial charge on any atom is 0.344 e. The van der Waals surface area contributed by atoms with Gasteiger partial charge in [0.25, 0.3) is 0 Å². The summed E-state index contributed by atoms with van der Waals surface area (Å²) in [5, 5.41) is 2.73. The van der Waals surface area contributed by atoms with E-state index < -0.39 is 12.6 Å². The molecule has 0 aromatic heterocycles. The second-order valence-corrected chi connectivity index (χ2v) is 6.33. The Balaban J connectivity index is 1.79. The summed E-state index contributed by atoms with van der Waals surface area (Å²) in [6, 6.07) is 12.8. The van der Waals surface area contributed by atoms with Gasteiger partial charge in [-0.2, -0.15) is 0 Å². The third kappa shape index (κ3) is 7.21. The molecule has 2 aromatic carbocycles. The Hall–Kier alpha value is -3.48. The minimum Gasteiger partial charge on any atom is -0.482 e. The van der Waals surface area contributed by atoms with Gasteiger partial charge in [0.1, 0.15) is 5.75 Å². The van der Waals surface area contributed by atoms with Crippen LogP contribution in [0.3, 0.4) is 0 Å². The number of nitrogens with one attached hydrogen (secondary N) is 1. The van der Waals surface area contributed by atoms with Gasteiger partial charge >= 0.3 is 5.97 Å². The second kappa shape index (κ2) is 10.8. The van der Waals surface area contributed by atoms with E-state index in [1.165, 1.54) is 13.0 Å². The SMILES string of the molecule is CCCC(=O)Nc1ccc(C(=O)COC(=O)COc2cccc(C(C)=O)c2)cc1. The predicted octanol–water partition coefficient (Wildman–Crippen LogP) is 3.43. The number of carbonyl (C=O) groups excluding carboxylic acids is 4. The van der Waals surface area contributed by atoms with Gasteiger partial charge in [-0.1, -0.05) is 19.1 Å². The fourth-order valence-electron chi connectivity index (χ4n) is 2.41. The van der Waals surface area contributed by atoms with Crippen LogP contribution < -0.4 is 10.1 Å². The molecule has 152 valence electrons. The van der Waals surface area contributed by atoms with E-state index in [1.54, 1.807) is 42.5 Å². The van der Waals surface area contributed by atoms with Gasteiger partial charge in [-0.05, 0) is 49.7 Å². The first-order valence-corrected chi connectivity index (χ1v) is 9.21. The number of rotatable bonds is 10. The van der Waals surface area contributed by atoms with Crippen molar-refractivity contribution < 1.29 is 28.7 Å². The number of hydrogen-bond donors (Lipinski definition) is 1. The number of hydrogen-bond acceptors (Lipinski definition) is 6. The number of ketones is 2. The molecule has 0 bridgehead atoms. The normalized spacial score (nSPS) is 10.1. The standard InChI is InChI=1S/C22H23NO6/c1-3-5-21(26)23-18-10-8-16(9-11-18)20(25)13-29-22(27)14-28-19-7-4-6-17(12-19)15(2)24/h4,6-12H,3,5,13-14H2,1-2H3,(H,23,26). The summed E-state index contributed by atoms with van der Waals surface area (Å²) in [7, 11) is 0. The zero-order valence-electron chi connectivity index (χ0n) is 16.4. The van der Waals surface area contributed by atoms with E-state index in [9.17, 15) is 19.2 Å². The molecule has 29 heavy (non-hydrogen) atoms. The molecular weight excluding hydrogens is 374 g/mol. The minimum atomic E-state index is -0.699. The summed E-state index contributed by atoms with van der Waals surface area (Å²) in [5.41, 5.74) is 1.43. The number of esters is 1. The van der Waals surface area contributed by atoms with E-state index in [0.29, 0.717) is 29.0 Å². The van der Waals surface area contributed by atoms with Crippen molar-refractivity contribution in [2.75, 3.05) is 18.5 Å². The van der Waals surface area contributed by atoms with Crippen molar-refractivity contribution in [3.05, 3.63) is 59.7 Å². The highest BCUT2D eigenvalue weighted by Gasteiger charge is 2.11. The average Bonchev–Trinajstić information content (AvgIpc) is 2.71. The zero-order chi connectivity index (χ0) is 21.2. The van der Waals surface area contributed by atoms with E-state index in [2.05, 4.69) is 5.32 Å². The van der Waals surface area contributed by atoms with Gasteiger partial charge < -0.3 is 14.8 Å². The van der Waals surface area contributed by atoms with Gasteiger partial charge in [-0.3, -0.25) is 14.4 Å². The van der Waals surface area contributed by atoms with Crippen molar-refractivity contribution in [2.45, 2.75) is 26.7 Å². The van der Waals surface area contributed by atoms with Crippen LogP contribution in [0.25, 0.3) is 0 Å². The molecule has 0 heterocycles. The maximum absolute atomic E-state index is 12.1. The van der Waals surface area contributed by atoms with Gasteiger partial charge in [0.2, 0.25) is 5.91 Å². The number of ether oxygens (including phenoxy) is 2. The van der Waals surface area contributed by atoms with Crippen LogP contribution in [0.15, 0.2) is 48.5 Å². The molecule has 0 aliphatic carbocycles. The Morgan fingerprint density at radius 2 is 1.66 bits per heavy atom. The summed E-state index contributed by atoms with van der Waals surface area (Å²) >= 11 is 0. The molecule has 2 rings (SSSR count). The van der Waals surface area contributed by atoms with Crippen molar-refractivity contribution in [3.63, 3.8) is 0 Å². The number of amides is 1. The fourth-order valence-corrected chi connectivity index (χ4v) is 2.41. The van der Waals surface area contributed by atoms with Crippen molar-refractivity contribution in [1.29, 1.82) is 0 Å². The molecule has 7 nitrogen and oxygen atoms in total. The lowest BCUT2D eigenvalue weighted by Crippen LogP contribution is -2.19. The summed E-state index contributed by atoms with van der Waals surface area (Å²) < 4.78 is 10.2. The minimum absolute atomic E-state index is 0.0886. The van der Waals surface area contributed by atoms with Crippen molar-refractivity contribution in [3.8, 4) is 5.75 Å². The van der Waals surface area contributed by atoms with E-state index in [1.807, 2.05) is 6.92 Å². The third-order valence-electron chi connectivity index (χ3n) is 3.93. The highest BCUT2D eigenvalue weighted by atomic mass is 16.6. The number of carbonyl (C=O) groups is 4. The molecule has 0 saturated carbocycles. The fraction of sp³-hybridized carbons (Fsp3) is 0.273. The number of anilines is 1. The first-order chi connectivity index (χ1) is 13.9. The molecule has 0 aliphatic rings. The van der Waals surface area contributed by atoms with Gasteiger partial charge in [-0.25, -0.2) is 4.79 Å². The number of Topliss-reactive ketones (excluding diaryl/α,β-unsaturated/α-hetero) is 2. The zero-order valence-corrected chi connectivity index (χ0v) is 16.4. The topological polar surface area (TPSA) is 98.8 Å². The first kappa shape index (κ1) is 21.8. The van der Waals surface area contributed by atoms with Crippen LogP contribution in [-0.2, 0) is 14.3 Å². The van der Waals surface area contributed by atoms with Crippen molar-refractivity contribution in [2.24, 2.45) is 0 Å². The van der Waals surface area contributed by atoms with Gasteiger partial charge in [0.05, 0.1) is 0 Å². The van der Waals surface area contributed by atoms with Gasteiger partial charge in [0.15, 0.2) is 24.8 Å². The molecule has 7 heteroatoms. The van der Waals surface area contributed by atoms with Crippen LogP contribution in [0.4, 0.5) is 5.69 Å². The molecular formula is C22H23NO6. The average molecular weight is 397 g/mol. The lowest BCUT2D eigenvalue weighted by molar-refractivity contribution is -0.144. The van der Waals surface area contributed by atoms with Crippen molar-refractivity contribution >= 4 is 29.1 Å². The Morgan fingerprint density at radius 1 is 0.931 bits per heavy atom. The Bertz CT molecular complexity index is 888. The molecule has 0 unspecified atom stereocenters. The predicted molar refractivity (Wildman–Crippen MR) is 107 cm³/mol. The monoisotopic (exact) mass is 397 g/mol. The lowest BCUT2D eigenvalue weighted by Gasteiger charge is -2.08. The van der Waals surface area contributed by atoms with Crippen molar-refractivity contribution in [1.82, 2.24) is 0 Å². The Labute approximate surface area is 169 Å². The van der Waals surface area contributed by atoms with Crippen LogP contribution in [0.5, 0.6) is 5.75 Å². The third-order valence-corrected chi connectivity index (χ3v) is 3.93. The second-order valence-electron chi connectivity index (χ2n) is 6.33. The first-order valence-electron chi connectivity index (χ1n) is 9.21. The van der Waals surface area contributed by atoms with Crippen LogP contribution >= 0.6 is 0 Å². The summed E-state index contributed by atoms with van der Waals surface area (Å²) in [6.45, 7) is 2.55. The van der Waals surface area contributed by atoms with Gasteiger partial charge in [0, 0.05) is 23.2 Å². The Morgan fingerprint density at radius 3 is 2.31 bits per heavy atom. The summed E-state index contributed by atoms with van der Waals surface area (Å²) in [4.78, 5) is 46.8. The van der Waals surface area contributed by atoms with Crippen LogP contribution in [0, 0.1) is 0 Å². The van der Waals surface area contributed by atoms with Crippen LogP contribution in [0.1, 0.15) is 47.4 Å². The molecule has 0 spiro atoms. The molecule has 1 amide bonds. The Kier molecular flexibility index (Phi) is 8.09. The number of benzene rings is 2. The van der Waals surface area contributed by atoms with E-state index in [4.69, 9.17) is 9.47 Å². The van der Waals surface area contributed by atoms with Crippen LogP contribution in [0.2, 0.25) is 0 Å². The van der Waals surface area contributed by atoms with Gasteiger partial charge in [-0.15, -0.1) is 0 Å². The molecule has 0 radical (unpaired) electrons. The van der Waals surface area contributed by atoms with E-state index in [0.717, 1.165) is 6.42 Å². The van der Waals surface area contributed by atoms with E-state index in [-0.39, 0.29) is 24.1 Å².